The summed E-state index contributed by atoms with van der Waals surface area (Å²) in [6.07, 6.45) is 1.54. The highest BCUT2D eigenvalue weighted by Gasteiger charge is 2.17. The normalized spacial score (nSPS) is 11.1. The number of nitrogens with zero attached hydrogens (tertiary/aromatic N) is 1. The lowest BCUT2D eigenvalue weighted by atomic mass is 9.88. The van der Waals surface area contributed by atoms with Crippen molar-refractivity contribution in [3.05, 3.63) is 27.7 Å². The number of nitrogens with one attached hydrogen (secondary N) is 1. The Morgan fingerprint density at radius 2 is 1.83 bits per heavy atom. The van der Waals surface area contributed by atoms with Crippen LogP contribution >= 0.6 is 15.9 Å². The second kappa shape index (κ2) is 6.24. The summed E-state index contributed by atoms with van der Waals surface area (Å²) in [7, 11) is 0. The van der Waals surface area contributed by atoms with Gasteiger partial charge in [-0.1, -0.05) is 29.8 Å². The van der Waals surface area contributed by atoms with Gasteiger partial charge in [-0.2, -0.15) is 5.26 Å². The Hall–Kier alpha value is -1.01. The molecule has 0 amide bonds. The number of hydrogen-bond donors (Lipinski definition) is 1. The summed E-state index contributed by atoms with van der Waals surface area (Å²) in [5, 5.41) is 12.2. The third-order valence-electron chi connectivity index (χ3n) is 3.15. The van der Waals surface area contributed by atoms with Crippen molar-refractivity contribution in [2.75, 3.05) is 11.9 Å². The van der Waals surface area contributed by atoms with Crippen molar-refractivity contribution < 1.29 is 0 Å². The van der Waals surface area contributed by atoms with Crippen LogP contribution in [-0.2, 0) is 0 Å². The molecule has 0 unspecified atom stereocenters. The summed E-state index contributed by atoms with van der Waals surface area (Å²) in [5.41, 5.74) is 3.85. The number of benzene rings is 1. The fourth-order valence-electron chi connectivity index (χ4n) is 2.00. The lowest BCUT2D eigenvalue weighted by Crippen LogP contribution is -2.23. The second-order valence-corrected chi connectivity index (χ2v) is 6.51. The van der Waals surface area contributed by atoms with Crippen LogP contribution in [0.1, 0.15) is 37.8 Å². The molecule has 1 N–H and O–H groups in total. The molecular formula is C15H21BrN2. The van der Waals surface area contributed by atoms with Gasteiger partial charge >= 0.3 is 0 Å². The molecule has 1 rings (SSSR count). The molecule has 0 fully saturated rings. The highest BCUT2D eigenvalue weighted by atomic mass is 79.9. The van der Waals surface area contributed by atoms with E-state index in [1.54, 1.807) is 0 Å². The van der Waals surface area contributed by atoms with Gasteiger partial charge in [0.25, 0.3) is 0 Å². The zero-order valence-electron chi connectivity index (χ0n) is 11.6. The van der Waals surface area contributed by atoms with Crippen molar-refractivity contribution in [2.45, 2.75) is 40.5 Å². The van der Waals surface area contributed by atoms with E-state index >= 15 is 0 Å². The molecule has 0 radical (unpaired) electrons. The predicted molar refractivity (Wildman–Crippen MR) is 80.7 cm³/mol. The molecule has 0 aliphatic carbocycles. The van der Waals surface area contributed by atoms with E-state index in [2.05, 4.69) is 67.1 Å². The fraction of sp³-hybridized carbons (Fsp3) is 0.533. The molecule has 0 aromatic heterocycles. The summed E-state index contributed by atoms with van der Waals surface area (Å²) >= 11 is 3.51. The third kappa shape index (κ3) is 4.34. The van der Waals surface area contributed by atoms with Crippen molar-refractivity contribution in [2.24, 2.45) is 5.41 Å². The summed E-state index contributed by atoms with van der Waals surface area (Å²) in [4.78, 5) is 0. The van der Waals surface area contributed by atoms with Crippen LogP contribution in [0, 0.1) is 30.6 Å². The SMILES string of the molecule is Cc1cc(Br)cc(C)c1NCC(C)(C)CCC#N. The minimum Gasteiger partial charge on any atom is -0.384 e. The molecule has 1 aromatic rings. The predicted octanol–water partition coefficient (Wildman–Crippen LogP) is 4.81. The number of aryl methyl sites for hydroxylation is 2. The van der Waals surface area contributed by atoms with Gasteiger partial charge in [0.1, 0.15) is 0 Å². The Morgan fingerprint density at radius 1 is 1.28 bits per heavy atom. The number of anilines is 1. The molecule has 2 nitrogen and oxygen atoms in total. The van der Waals surface area contributed by atoms with Crippen molar-refractivity contribution in [3.63, 3.8) is 0 Å². The standard InChI is InChI=1S/C15H21BrN2/c1-11-8-13(16)9-12(2)14(11)18-10-15(3,4)6-5-7-17/h8-9,18H,5-6,10H2,1-4H3. The zero-order valence-corrected chi connectivity index (χ0v) is 13.2. The average Bonchev–Trinajstić information content (AvgIpc) is 2.24. The Morgan fingerprint density at radius 3 is 2.33 bits per heavy atom. The molecule has 0 atom stereocenters. The Bertz CT molecular complexity index is 435. The lowest BCUT2D eigenvalue weighted by Gasteiger charge is -2.25. The van der Waals surface area contributed by atoms with E-state index in [1.165, 1.54) is 16.8 Å². The molecule has 1 aromatic carbocycles. The van der Waals surface area contributed by atoms with Crippen molar-refractivity contribution >= 4 is 21.6 Å². The molecule has 0 aliphatic heterocycles. The topological polar surface area (TPSA) is 35.8 Å². The Balaban J connectivity index is 2.72. The van der Waals surface area contributed by atoms with Crippen LogP contribution in [0.25, 0.3) is 0 Å². The van der Waals surface area contributed by atoms with Crippen LogP contribution in [0.3, 0.4) is 0 Å². The number of nitriles is 1. The maximum atomic E-state index is 8.66. The molecule has 3 heteroatoms. The Labute approximate surface area is 119 Å². The minimum absolute atomic E-state index is 0.141. The highest BCUT2D eigenvalue weighted by molar-refractivity contribution is 9.10. The van der Waals surface area contributed by atoms with E-state index in [-0.39, 0.29) is 5.41 Å². The first kappa shape index (κ1) is 15.0. The average molecular weight is 309 g/mol. The van der Waals surface area contributed by atoms with Gasteiger partial charge < -0.3 is 5.32 Å². The van der Waals surface area contributed by atoms with Gasteiger partial charge in [-0.15, -0.1) is 0 Å². The first-order valence-corrected chi connectivity index (χ1v) is 7.02. The van der Waals surface area contributed by atoms with Crippen LogP contribution in [0.5, 0.6) is 0 Å². The van der Waals surface area contributed by atoms with Gasteiger partial charge in [-0.05, 0) is 48.9 Å². The van der Waals surface area contributed by atoms with E-state index in [1.807, 2.05) is 0 Å². The smallest absolute Gasteiger partial charge is 0.0621 e. The van der Waals surface area contributed by atoms with Gasteiger partial charge in [0.05, 0.1) is 6.07 Å². The van der Waals surface area contributed by atoms with E-state index in [0.29, 0.717) is 6.42 Å². The van der Waals surface area contributed by atoms with E-state index in [4.69, 9.17) is 5.26 Å². The summed E-state index contributed by atoms with van der Waals surface area (Å²) in [6.45, 7) is 9.50. The summed E-state index contributed by atoms with van der Waals surface area (Å²) in [6, 6.07) is 6.46. The molecular weight excluding hydrogens is 288 g/mol. The molecule has 0 spiro atoms. The van der Waals surface area contributed by atoms with Crippen molar-refractivity contribution in [1.82, 2.24) is 0 Å². The van der Waals surface area contributed by atoms with Crippen LogP contribution < -0.4 is 5.32 Å². The quantitative estimate of drug-likeness (QED) is 0.847. The van der Waals surface area contributed by atoms with Gasteiger partial charge in [-0.3, -0.25) is 0 Å². The van der Waals surface area contributed by atoms with Gasteiger partial charge in [0.15, 0.2) is 0 Å². The molecule has 98 valence electrons. The molecule has 0 saturated carbocycles. The molecule has 0 bridgehead atoms. The summed E-state index contributed by atoms with van der Waals surface area (Å²) in [5.74, 6) is 0. The Kier molecular flexibility index (Phi) is 5.22. The van der Waals surface area contributed by atoms with Crippen LogP contribution in [0.15, 0.2) is 16.6 Å². The minimum atomic E-state index is 0.141. The fourth-order valence-corrected chi connectivity index (χ4v) is 2.69. The maximum absolute atomic E-state index is 8.66. The van der Waals surface area contributed by atoms with E-state index in [9.17, 15) is 0 Å². The van der Waals surface area contributed by atoms with Gasteiger partial charge in [-0.25, -0.2) is 0 Å². The number of hydrogen-bond acceptors (Lipinski definition) is 2. The summed E-state index contributed by atoms with van der Waals surface area (Å²) < 4.78 is 1.12. The number of halogens is 1. The first-order chi connectivity index (χ1) is 8.35. The van der Waals surface area contributed by atoms with Crippen LogP contribution in [0.2, 0.25) is 0 Å². The largest absolute Gasteiger partial charge is 0.384 e. The van der Waals surface area contributed by atoms with Gasteiger partial charge in [0.2, 0.25) is 0 Å². The van der Waals surface area contributed by atoms with Crippen LogP contribution in [-0.4, -0.2) is 6.54 Å². The molecule has 0 aliphatic rings. The van der Waals surface area contributed by atoms with Crippen molar-refractivity contribution in [1.29, 1.82) is 5.26 Å². The number of rotatable bonds is 5. The van der Waals surface area contributed by atoms with E-state index in [0.717, 1.165) is 17.4 Å². The zero-order chi connectivity index (χ0) is 13.8. The van der Waals surface area contributed by atoms with Crippen molar-refractivity contribution in [3.8, 4) is 6.07 Å². The molecule has 18 heavy (non-hydrogen) atoms. The van der Waals surface area contributed by atoms with Gasteiger partial charge in [0, 0.05) is 23.1 Å². The highest BCUT2D eigenvalue weighted by Crippen LogP contribution is 2.28. The maximum Gasteiger partial charge on any atom is 0.0621 e. The first-order valence-electron chi connectivity index (χ1n) is 6.23. The van der Waals surface area contributed by atoms with Crippen LogP contribution in [0.4, 0.5) is 5.69 Å². The molecule has 0 saturated heterocycles. The lowest BCUT2D eigenvalue weighted by molar-refractivity contribution is 0.363. The monoisotopic (exact) mass is 308 g/mol. The third-order valence-corrected chi connectivity index (χ3v) is 3.61. The van der Waals surface area contributed by atoms with E-state index < -0.39 is 0 Å². The molecule has 0 heterocycles. The second-order valence-electron chi connectivity index (χ2n) is 5.59.